The lowest BCUT2D eigenvalue weighted by Crippen LogP contribution is -2.44. The molecule has 3 rings (SSSR count). The minimum atomic E-state index is -0.325. The van der Waals surface area contributed by atoms with Gasteiger partial charge in [-0.3, -0.25) is 19.4 Å². The van der Waals surface area contributed by atoms with Crippen LogP contribution in [0.3, 0.4) is 0 Å². The molecular formula is C20H27FN4O4. The number of benzene rings is 1. The number of carbonyl (C=O) groups is 3. The van der Waals surface area contributed by atoms with Crippen LogP contribution in [0, 0.1) is 5.82 Å². The van der Waals surface area contributed by atoms with E-state index in [1.165, 1.54) is 21.9 Å². The summed E-state index contributed by atoms with van der Waals surface area (Å²) in [5.41, 5.74) is 0.809. The molecule has 1 aromatic carbocycles. The number of nitrogens with zero attached hydrogens (tertiary/aromatic N) is 3. The highest BCUT2D eigenvalue weighted by molar-refractivity contribution is 6.01. The lowest BCUT2D eigenvalue weighted by atomic mass is 10.0. The van der Waals surface area contributed by atoms with Crippen molar-refractivity contribution in [1.82, 2.24) is 20.0 Å². The zero-order valence-electron chi connectivity index (χ0n) is 16.6. The molecule has 2 fully saturated rings. The van der Waals surface area contributed by atoms with Crippen molar-refractivity contribution in [3.63, 3.8) is 0 Å². The number of ether oxygens (including phenoxy) is 1. The summed E-state index contributed by atoms with van der Waals surface area (Å²) in [5, 5.41) is 2.91. The second kappa shape index (κ2) is 9.80. The summed E-state index contributed by atoms with van der Waals surface area (Å²) < 4.78 is 19.1. The van der Waals surface area contributed by atoms with Crippen molar-refractivity contribution < 1.29 is 23.5 Å². The predicted octanol–water partition coefficient (Wildman–Crippen LogP) is 0.989. The molecule has 0 aliphatic carbocycles. The van der Waals surface area contributed by atoms with E-state index in [9.17, 15) is 18.8 Å². The number of morpholine rings is 1. The fourth-order valence-corrected chi connectivity index (χ4v) is 3.65. The SMILES string of the molecule is CN1CC(=O)N(CCCC(=O)NCC(c2cccc(F)c2)N2CCOCC2)C1=O. The van der Waals surface area contributed by atoms with Crippen molar-refractivity contribution in [3.05, 3.63) is 35.6 Å². The lowest BCUT2D eigenvalue weighted by Gasteiger charge is -2.35. The molecule has 158 valence electrons. The van der Waals surface area contributed by atoms with Crippen LogP contribution in [-0.4, -0.2) is 85.5 Å². The van der Waals surface area contributed by atoms with Gasteiger partial charge in [0.05, 0.1) is 19.3 Å². The predicted molar refractivity (Wildman–Crippen MR) is 104 cm³/mol. The van der Waals surface area contributed by atoms with Crippen molar-refractivity contribution in [2.75, 3.05) is 53.0 Å². The summed E-state index contributed by atoms with van der Waals surface area (Å²) in [6.45, 7) is 3.30. The first kappa shape index (κ1) is 21.2. The summed E-state index contributed by atoms with van der Waals surface area (Å²) in [7, 11) is 1.57. The number of amides is 4. The number of hydrogen-bond donors (Lipinski definition) is 1. The maximum atomic E-state index is 13.7. The summed E-state index contributed by atoms with van der Waals surface area (Å²) in [4.78, 5) is 40.6. The standard InChI is InChI=1S/C20H27FN4O4/c1-23-14-19(27)25(20(23)28)7-3-6-18(26)22-13-17(24-8-10-29-11-9-24)15-4-2-5-16(21)12-15/h2,4-5,12,17H,3,6-11,13-14H2,1H3,(H,22,26). The largest absolute Gasteiger partial charge is 0.379 e. The molecule has 1 aromatic rings. The molecule has 4 amide bonds. The van der Waals surface area contributed by atoms with Crippen LogP contribution in [0.2, 0.25) is 0 Å². The monoisotopic (exact) mass is 406 g/mol. The third kappa shape index (κ3) is 5.51. The zero-order valence-corrected chi connectivity index (χ0v) is 16.6. The topological polar surface area (TPSA) is 82.2 Å². The van der Waals surface area contributed by atoms with E-state index in [4.69, 9.17) is 4.74 Å². The molecule has 0 radical (unpaired) electrons. The summed E-state index contributed by atoms with van der Waals surface area (Å²) in [6, 6.07) is 5.95. The number of likely N-dealkylation sites (N-methyl/N-ethyl adjacent to an activating group) is 1. The van der Waals surface area contributed by atoms with E-state index in [0.717, 1.165) is 5.56 Å². The van der Waals surface area contributed by atoms with E-state index >= 15 is 0 Å². The van der Waals surface area contributed by atoms with Gasteiger partial charge >= 0.3 is 6.03 Å². The average molecular weight is 406 g/mol. The van der Waals surface area contributed by atoms with Crippen LogP contribution in [0.4, 0.5) is 9.18 Å². The Morgan fingerprint density at radius 2 is 2.03 bits per heavy atom. The second-order valence-electron chi connectivity index (χ2n) is 7.31. The molecule has 29 heavy (non-hydrogen) atoms. The fourth-order valence-electron chi connectivity index (χ4n) is 3.65. The van der Waals surface area contributed by atoms with Crippen molar-refractivity contribution in [1.29, 1.82) is 0 Å². The molecule has 9 heteroatoms. The van der Waals surface area contributed by atoms with E-state index in [0.29, 0.717) is 39.3 Å². The van der Waals surface area contributed by atoms with E-state index < -0.39 is 0 Å². The molecule has 2 aliphatic heterocycles. The van der Waals surface area contributed by atoms with Crippen LogP contribution in [0.25, 0.3) is 0 Å². The molecule has 1 unspecified atom stereocenters. The molecular weight excluding hydrogens is 379 g/mol. The molecule has 0 spiro atoms. The van der Waals surface area contributed by atoms with Gasteiger partial charge in [-0.25, -0.2) is 9.18 Å². The van der Waals surface area contributed by atoms with Gasteiger partial charge in [0.15, 0.2) is 0 Å². The van der Waals surface area contributed by atoms with E-state index in [-0.39, 0.29) is 49.2 Å². The van der Waals surface area contributed by atoms with Gasteiger partial charge < -0.3 is 15.0 Å². The van der Waals surface area contributed by atoms with E-state index in [1.807, 2.05) is 6.07 Å². The van der Waals surface area contributed by atoms with Crippen LogP contribution in [0.1, 0.15) is 24.4 Å². The average Bonchev–Trinajstić information content (AvgIpc) is 2.95. The van der Waals surface area contributed by atoms with Crippen LogP contribution >= 0.6 is 0 Å². The maximum Gasteiger partial charge on any atom is 0.326 e. The van der Waals surface area contributed by atoms with Gasteiger partial charge in [-0.1, -0.05) is 12.1 Å². The normalized spacial score (nSPS) is 19.0. The number of hydrogen-bond acceptors (Lipinski definition) is 5. The minimum absolute atomic E-state index is 0.0832. The van der Waals surface area contributed by atoms with Crippen molar-refractivity contribution in [3.8, 4) is 0 Å². The molecule has 2 heterocycles. The Morgan fingerprint density at radius 3 is 2.69 bits per heavy atom. The smallest absolute Gasteiger partial charge is 0.326 e. The van der Waals surface area contributed by atoms with Crippen LogP contribution < -0.4 is 5.32 Å². The number of urea groups is 1. The number of halogens is 1. The Kier molecular flexibility index (Phi) is 7.16. The highest BCUT2D eigenvalue weighted by atomic mass is 19.1. The van der Waals surface area contributed by atoms with Crippen LogP contribution in [0.5, 0.6) is 0 Å². The second-order valence-corrected chi connectivity index (χ2v) is 7.31. The molecule has 1 atom stereocenters. The van der Waals surface area contributed by atoms with Crippen molar-refractivity contribution >= 4 is 17.8 Å². The highest BCUT2D eigenvalue weighted by Crippen LogP contribution is 2.22. The van der Waals surface area contributed by atoms with E-state index in [2.05, 4.69) is 10.2 Å². The lowest BCUT2D eigenvalue weighted by molar-refractivity contribution is -0.126. The van der Waals surface area contributed by atoms with Gasteiger partial charge in [0.1, 0.15) is 12.4 Å². The summed E-state index contributed by atoms with van der Waals surface area (Å²) in [5.74, 6) is -0.708. The Bertz CT molecular complexity index is 754. The third-order valence-corrected chi connectivity index (χ3v) is 5.23. The first-order valence-corrected chi connectivity index (χ1v) is 9.85. The molecule has 1 N–H and O–H groups in total. The van der Waals surface area contributed by atoms with Gasteiger partial charge in [0, 0.05) is 39.6 Å². The summed E-state index contributed by atoms with van der Waals surface area (Å²) >= 11 is 0. The third-order valence-electron chi connectivity index (χ3n) is 5.23. The number of rotatable bonds is 8. The molecule has 0 aromatic heterocycles. The number of nitrogens with one attached hydrogen (secondary N) is 1. The zero-order chi connectivity index (χ0) is 20.8. The Hall–Kier alpha value is -2.52. The highest BCUT2D eigenvalue weighted by Gasteiger charge is 2.33. The van der Waals surface area contributed by atoms with Crippen molar-refractivity contribution in [2.24, 2.45) is 0 Å². The van der Waals surface area contributed by atoms with Gasteiger partial charge in [0.25, 0.3) is 0 Å². The van der Waals surface area contributed by atoms with Gasteiger partial charge in [0.2, 0.25) is 11.8 Å². The first-order valence-electron chi connectivity index (χ1n) is 9.85. The van der Waals surface area contributed by atoms with Crippen LogP contribution in [-0.2, 0) is 14.3 Å². The van der Waals surface area contributed by atoms with Gasteiger partial charge in [-0.15, -0.1) is 0 Å². The Balaban J connectivity index is 1.51. The summed E-state index contributed by atoms with van der Waals surface area (Å²) in [6.07, 6.45) is 0.610. The van der Waals surface area contributed by atoms with Gasteiger partial charge in [-0.05, 0) is 24.1 Å². The fraction of sp³-hybridized carbons (Fsp3) is 0.550. The van der Waals surface area contributed by atoms with Crippen molar-refractivity contribution in [2.45, 2.75) is 18.9 Å². The Labute approximate surface area is 169 Å². The van der Waals surface area contributed by atoms with E-state index in [1.54, 1.807) is 13.1 Å². The first-order chi connectivity index (χ1) is 14.0. The molecule has 0 saturated carbocycles. The number of imide groups is 1. The molecule has 2 saturated heterocycles. The maximum absolute atomic E-state index is 13.7. The van der Waals surface area contributed by atoms with Gasteiger partial charge in [-0.2, -0.15) is 0 Å². The molecule has 2 aliphatic rings. The van der Waals surface area contributed by atoms with Crippen LogP contribution in [0.15, 0.2) is 24.3 Å². The minimum Gasteiger partial charge on any atom is -0.379 e. The Morgan fingerprint density at radius 1 is 1.28 bits per heavy atom. The quantitative estimate of drug-likeness (QED) is 0.651. The number of carbonyl (C=O) groups excluding carboxylic acids is 3. The molecule has 0 bridgehead atoms. The molecule has 8 nitrogen and oxygen atoms in total.